The van der Waals surface area contributed by atoms with Crippen molar-refractivity contribution in [2.75, 3.05) is 37.0 Å². The molecule has 0 radical (unpaired) electrons. The Hall–Kier alpha value is -2.52. The van der Waals surface area contributed by atoms with E-state index in [9.17, 15) is 4.79 Å². The fraction of sp³-hybridized carbons (Fsp3) is 0.333. The van der Waals surface area contributed by atoms with E-state index in [-0.39, 0.29) is 18.8 Å². The van der Waals surface area contributed by atoms with Gasteiger partial charge in [0.2, 0.25) is 0 Å². The summed E-state index contributed by atoms with van der Waals surface area (Å²) < 4.78 is 4.76. The zero-order valence-electron chi connectivity index (χ0n) is 12.2. The fourth-order valence-corrected chi connectivity index (χ4v) is 1.59. The van der Waals surface area contributed by atoms with Crippen molar-refractivity contribution in [2.45, 2.75) is 6.92 Å². The molecule has 0 spiro atoms. The van der Waals surface area contributed by atoms with E-state index in [2.05, 4.69) is 5.32 Å². The summed E-state index contributed by atoms with van der Waals surface area (Å²) in [5, 5.41) is 20.7. The molecule has 112 valence electrons. The van der Waals surface area contributed by atoms with Crippen LogP contribution in [0.25, 0.3) is 0 Å². The summed E-state index contributed by atoms with van der Waals surface area (Å²) in [7, 11) is 1.88. The Morgan fingerprint density at radius 2 is 2.14 bits per heavy atom. The number of aliphatic hydroxyl groups excluding tert-OH is 1. The molecular formula is C15H19N3O3. The summed E-state index contributed by atoms with van der Waals surface area (Å²) in [6.07, 6.45) is 1.32. The Morgan fingerprint density at radius 3 is 2.67 bits per heavy atom. The van der Waals surface area contributed by atoms with Crippen molar-refractivity contribution >= 4 is 17.3 Å². The highest BCUT2D eigenvalue weighted by molar-refractivity contribution is 5.93. The number of hydrogen-bond donors (Lipinski definition) is 2. The first-order chi connectivity index (χ1) is 10.1. The smallest absolute Gasteiger partial charge is 0.350 e. The molecule has 6 heteroatoms. The van der Waals surface area contributed by atoms with Crippen LogP contribution in [-0.2, 0) is 9.53 Å². The first-order valence-corrected chi connectivity index (χ1v) is 6.58. The number of nitriles is 1. The zero-order chi connectivity index (χ0) is 15.7. The molecule has 0 aliphatic carbocycles. The van der Waals surface area contributed by atoms with Crippen molar-refractivity contribution in [1.82, 2.24) is 0 Å². The van der Waals surface area contributed by atoms with Gasteiger partial charge in [-0.15, -0.1) is 0 Å². The van der Waals surface area contributed by atoms with E-state index < -0.39 is 5.97 Å². The molecule has 1 rings (SSSR count). The van der Waals surface area contributed by atoms with Crippen LogP contribution in [-0.4, -0.2) is 37.9 Å². The lowest BCUT2D eigenvalue weighted by atomic mass is 10.2. The minimum absolute atomic E-state index is 0.0849. The third kappa shape index (κ3) is 5.16. The van der Waals surface area contributed by atoms with E-state index in [1.54, 1.807) is 13.0 Å². The molecular weight excluding hydrogens is 270 g/mol. The van der Waals surface area contributed by atoms with E-state index in [1.807, 2.05) is 36.2 Å². The second-order valence-electron chi connectivity index (χ2n) is 4.23. The molecule has 1 aromatic rings. The predicted molar refractivity (Wildman–Crippen MR) is 80.7 cm³/mol. The predicted octanol–water partition coefficient (Wildman–Crippen LogP) is 1.50. The molecule has 0 bridgehead atoms. The summed E-state index contributed by atoms with van der Waals surface area (Å²) in [5.41, 5.74) is 1.62. The van der Waals surface area contributed by atoms with Gasteiger partial charge in [0.15, 0.2) is 5.57 Å². The van der Waals surface area contributed by atoms with Crippen molar-refractivity contribution in [3.63, 3.8) is 0 Å². The number of nitrogens with zero attached hydrogens (tertiary/aromatic N) is 2. The van der Waals surface area contributed by atoms with Gasteiger partial charge >= 0.3 is 5.97 Å². The summed E-state index contributed by atoms with van der Waals surface area (Å²) in [5.74, 6) is -0.646. The van der Waals surface area contributed by atoms with E-state index in [1.165, 1.54) is 6.20 Å². The van der Waals surface area contributed by atoms with Gasteiger partial charge in [-0.25, -0.2) is 4.79 Å². The van der Waals surface area contributed by atoms with Crippen molar-refractivity contribution in [2.24, 2.45) is 0 Å². The highest BCUT2D eigenvalue weighted by Crippen LogP contribution is 2.16. The molecule has 2 N–H and O–H groups in total. The highest BCUT2D eigenvalue weighted by atomic mass is 16.5. The van der Waals surface area contributed by atoms with Crippen LogP contribution in [0.15, 0.2) is 36.0 Å². The third-order valence-electron chi connectivity index (χ3n) is 2.74. The molecule has 0 saturated heterocycles. The lowest BCUT2D eigenvalue weighted by Gasteiger charge is -2.18. The Labute approximate surface area is 124 Å². The second kappa shape index (κ2) is 8.61. The highest BCUT2D eigenvalue weighted by Gasteiger charge is 2.09. The molecule has 0 fully saturated rings. The monoisotopic (exact) mass is 289 g/mol. The van der Waals surface area contributed by atoms with Crippen molar-refractivity contribution in [1.29, 1.82) is 5.26 Å². The largest absolute Gasteiger partial charge is 0.462 e. The SMILES string of the molecule is CCOC(=O)C(C#N)=CNc1ccc(N(C)CCO)cc1. The zero-order valence-corrected chi connectivity index (χ0v) is 12.2. The lowest BCUT2D eigenvalue weighted by molar-refractivity contribution is -0.138. The minimum Gasteiger partial charge on any atom is -0.462 e. The Morgan fingerprint density at radius 1 is 1.48 bits per heavy atom. The van der Waals surface area contributed by atoms with E-state index in [4.69, 9.17) is 15.1 Å². The van der Waals surface area contributed by atoms with Gasteiger partial charge in [0.25, 0.3) is 0 Å². The molecule has 0 unspecified atom stereocenters. The molecule has 6 nitrogen and oxygen atoms in total. The minimum atomic E-state index is -0.646. The topological polar surface area (TPSA) is 85.6 Å². The average Bonchev–Trinajstić information content (AvgIpc) is 2.49. The third-order valence-corrected chi connectivity index (χ3v) is 2.74. The summed E-state index contributed by atoms with van der Waals surface area (Å²) >= 11 is 0. The maximum Gasteiger partial charge on any atom is 0.350 e. The van der Waals surface area contributed by atoms with Crippen LogP contribution in [0.2, 0.25) is 0 Å². The normalized spacial score (nSPS) is 10.7. The first-order valence-electron chi connectivity index (χ1n) is 6.58. The van der Waals surface area contributed by atoms with Crippen LogP contribution in [0.3, 0.4) is 0 Å². The molecule has 1 aromatic carbocycles. The molecule has 0 amide bonds. The van der Waals surface area contributed by atoms with Gasteiger partial charge in [0, 0.05) is 31.2 Å². The van der Waals surface area contributed by atoms with Gasteiger partial charge in [0.1, 0.15) is 6.07 Å². The maximum atomic E-state index is 11.4. The molecule has 0 heterocycles. The average molecular weight is 289 g/mol. The van der Waals surface area contributed by atoms with Crippen LogP contribution < -0.4 is 10.2 Å². The number of likely N-dealkylation sites (N-methyl/N-ethyl adjacent to an activating group) is 1. The number of anilines is 2. The Bertz CT molecular complexity index is 532. The summed E-state index contributed by atoms with van der Waals surface area (Å²) in [6, 6.07) is 9.18. The van der Waals surface area contributed by atoms with E-state index >= 15 is 0 Å². The van der Waals surface area contributed by atoms with Gasteiger partial charge in [-0.2, -0.15) is 5.26 Å². The van der Waals surface area contributed by atoms with Crippen LogP contribution in [0.5, 0.6) is 0 Å². The number of ether oxygens (including phenoxy) is 1. The number of rotatable bonds is 7. The van der Waals surface area contributed by atoms with Gasteiger partial charge < -0.3 is 20.1 Å². The van der Waals surface area contributed by atoms with Crippen LogP contribution in [0, 0.1) is 11.3 Å². The quantitative estimate of drug-likeness (QED) is 0.449. The van der Waals surface area contributed by atoms with Crippen LogP contribution in [0.1, 0.15) is 6.92 Å². The van der Waals surface area contributed by atoms with Crippen molar-refractivity contribution in [3.8, 4) is 6.07 Å². The standard InChI is InChI=1S/C15H19N3O3/c1-3-21-15(20)12(10-16)11-17-13-4-6-14(7-5-13)18(2)8-9-19/h4-7,11,17,19H,3,8-9H2,1-2H3. The van der Waals surface area contributed by atoms with E-state index in [0.29, 0.717) is 6.54 Å². The molecule has 0 saturated carbocycles. The first kappa shape index (κ1) is 16.5. The van der Waals surface area contributed by atoms with Crippen molar-refractivity contribution in [3.05, 3.63) is 36.0 Å². The molecule has 0 aromatic heterocycles. The van der Waals surface area contributed by atoms with Gasteiger partial charge in [-0.1, -0.05) is 0 Å². The second-order valence-corrected chi connectivity index (χ2v) is 4.23. The maximum absolute atomic E-state index is 11.4. The van der Waals surface area contributed by atoms with Gasteiger partial charge in [-0.3, -0.25) is 0 Å². The molecule has 0 aliphatic heterocycles. The van der Waals surface area contributed by atoms with Gasteiger partial charge in [-0.05, 0) is 31.2 Å². The number of aliphatic hydroxyl groups is 1. The van der Waals surface area contributed by atoms with Crippen molar-refractivity contribution < 1.29 is 14.6 Å². The Kier molecular flexibility index (Phi) is 6.78. The summed E-state index contributed by atoms with van der Waals surface area (Å²) in [4.78, 5) is 13.3. The van der Waals surface area contributed by atoms with E-state index in [0.717, 1.165) is 11.4 Å². The fourth-order valence-electron chi connectivity index (χ4n) is 1.59. The number of nitrogens with one attached hydrogen (secondary N) is 1. The Balaban J connectivity index is 2.71. The number of benzene rings is 1. The number of carbonyl (C=O) groups excluding carboxylic acids is 1. The molecule has 0 aliphatic rings. The summed E-state index contributed by atoms with van der Waals surface area (Å²) in [6.45, 7) is 2.55. The van der Waals surface area contributed by atoms with Crippen LogP contribution in [0.4, 0.5) is 11.4 Å². The van der Waals surface area contributed by atoms with Gasteiger partial charge in [0.05, 0.1) is 13.2 Å². The van der Waals surface area contributed by atoms with Crippen LogP contribution >= 0.6 is 0 Å². The number of carbonyl (C=O) groups is 1. The number of hydrogen-bond acceptors (Lipinski definition) is 6. The lowest BCUT2D eigenvalue weighted by Crippen LogP contribution is -2.20. The molecule has 0 atom stereocenters. The molecule has 21 heavy (non-hydrogen) atoms. The number of esters is 1.